The van der Waals surface area contributed by atoms with Gasteiger partial charge in [0.25, 0.3) is 5.91 Å². The van der Waals surface area contributed by atoms with E-state index in [4.69, 9.17) is 27.9 Å². The maximum Gasteiger partial charge on any atom is 0.276 e. The SMILES string of the molecule is O=C(Nc1cnn(Cc2ccc(Cl)c(Cl)c2)c1)c1ccn(COc2ccc(Br)cc2)n1. The molecule has 0 spiro atoms. The first-order chi connectivity index (χ1) is 15.0. The van der Waals surface area contributed by atoms with Gasteiger partial charge in [0.15, 0.2) is 12.4 Å². The second kappa shape index (κ2) is 9.55. The first-order valence-corrected chi connectivity index (χ1v) is 10.7. The molecule has 2 aromatic carbocycles. The summed E-state index contributed by atoms with van der Waals surface area (Å²) in [5.74, 6) is 0.371. The minimum atomic E-state index is -0.337. The van der Waals surface area contributed by atoms with Gasteiger partial charge in [0.1, 0.15) is 5.75 Å². The van der Waals surface area contributed by atoms with Crippen molar-refractivity contribution in [3.05, 3.63) is 92.9 Å². The molecule has 0 bridgehead atoms. The second-order valence-corrected chi connectivity index (χ2v) is 8.33. The Kier molecular flexibility index (Phi) is 6.60. The van der Waals surface area contributed by atoms with Crippen LogP contribution in [0.15, 0.2) is 71.6 Å². The van der Waals surface area contributed by atoms with Crippen LogP contribution in [0.2, 0.25) is 10.0 Å². The molecule has 0 aliphatic rings. The highest BCUT2D eigenvalue weighted by Gasteiger charge is 2.12. The van der Waals surface area contributed by atoms with Gasteiger partial charge >= 0.3 is 0 Å². The van der Waals surface area contributed by atoms with Crippen LogP contribution in [0.25, 0.3) is 0 Å². The van der Waals surface area contributed by atoms with Gasteiger partial charge in [-0.2, -0.15) is 10.2 Å². The average Bonchev–Trinajstić information content (AvgIpc) is 3.40. The number of rotatable bonds is 7. The lowest BCUT2D eigenvalue weighted by molar-refractivity contribution is 0.102. The fraction of sp³-hybridized carbons (Fsp3) is 0.0952. The molecule has 10 heteroatoms. The highest BCUT2D eigenvalue weighted by atomic mass is 79.9. The van der Waals surface area contributed by atoms with E-state index in [1.54, 1.807) is 46.2 Å². The monoisotopic (exact) mass is 519 g/mol. The van der Waals surface area contributed by atoms with E-state index in [9.17, 15) is 4.79 Å². The molecule has 1 N–H and O–H groups in total. The molecular weight excluding hydrogens is 505 g/mol. The predicted octanol–water partition coefficient (Wildman–Crippen LogP) is 5.49. The summed E-state index contributed by atoms with van der Waals surface area (Å²) in [6.07, 6.45) is 4.98. The standard InChI is InChI=1S/C21H16BrCl2N5O2/c22-15-2-4-17(5-3-15)31-13-28-8-7-20(27-28)21(30)26-16-10-25-29(12-16)11-14-1-6-18(23)19(24)9-14/h1-10,12H,11,13H2,(H,26,30). The number of nitrogens with zero attached hydrogens (tertiary/aromatic N) is 4. The minimum absolute atomic E-state index is 0.191. The van der Waals surface area contributed by atoms with E-state index in [-0.39, 0.29) is 18.3 Å². The van der Waals surface area contributed by atoms with Gasteiger partial charge in [-0.25, -0.2) is 4.68 Å². The summed E-state index contributed by atoms with van der Waals surface area (Å²) in [7, 11) is 0. The quantitative estimate of drug-likeness (QED) is 0.350. The smallest absolute Gasteiger partial charge is 0.276 e. The molecule has 0 saturated heterocycles. The first kappa shape index (κ1) is 21.4. The van der Waals surface area contributed by atoms with Crippen molar-refractivity contribution in [3.63, 3.8) is 0 Å². The van der Waals surface area contributed by atoms with Crippen LogP contribution in [-0.4, -0.2) is 25.5 Å². The molecule has 4 rings (SSSR count). The van der Waals surface area contributed by atoms with E-state index >= 15 is 0 Å². The molecule has 31 heavy (non-hydrogen) atoms. The number of aromatic nitrogens is 4. The molecule has 0 unspecified atom stereocenters. The third-order valence-corrected chi connectivity index (χ3v) is 5.54. The Bertz CT molecular complexity index is 1210. The number of ether oxygens (including phenoxy) is 1. The van der Waals surface area contributed by atoms with E-state index in [1.807, 2.05) is 30.3 Å². The van der Waals surface area contributed by atoms with Crippen LogP contribution in [-0.2, 0) is 13.3 Å². The van der Waals surface area contributed by atoms with Crippen molar-refractivity contribution in [2.24, 2.45) is 0 Å². The van der Waals surface area contributed by atoms with Crippen molar-refractivity contribution in [1.29, 1.82) is 0 Å². The van der Waals surface area contributed by atoms with E-state index in [2.05, 4.69) is 31.4 Å². The zero-order chi connectivity index (χ0) is 21.8. The maximum atomic E-state index is 12.5. The average molecular weight is 521 g/mol. The van der Waals surface area contributed by atoms with Gasteiger partial charge in [0.05, 0.1) is 28.5 Å². The first-order valence-electron chi connectivity index (χ1n) is 9.16. The molecule has 2 aromatic heterocycles. The van der Waals surface area contributed by atoms with Crippen LogP contribution in [0.4, 0.5) is 5.69 Å². The van der Waals surface area contributed by atoms with Gasteiger partial charge in [-0.15, -0.1) is 0 Å². The van der Waals surface area contributed by atoms with Crippen LogP contribution >= 0.6 is 39.1 Å². The van der Waals surface area contributed by atoms with Crippen molar-refractivity contribution in [2.45, 2.75) is 13.3 Å². The van der Waals surface area contributed by atoms with Gasteiger partial charge in [-0.1, -0.05) is 45.2 Å². The Morgan fingerprint density at radius 2 is 1.87 bits per heavy atom. The molecule has 0 radical (unpaired) electrons. The summed E-state index contributed by atoms with van der Waals surface area (Å²) >= 11 is 15.4. The number of halogens is 3. The number of carbonyl (C=O) groups excluding carboxylic acids is 1. The van der Waals surface area contributed by atoms with Crippen LogP contribution in [0.1, 0.15) is 16.1 Å². The molecule has 0 atom stereocenters. The number of benzene rings is 2. The van der Waals surface area contributed by atoms with E-state index in [0.717, 1.165) is 10.0 Å². The minimum Gasteiger partial charge on any atom is -0.471 e. The van der Waals surface area contributed by atoms with E-state index < -0.39 is 0 Å². The van der Waals surface area contributed by atoms with Crippen LogP contribution in [0.5, 0.6) is 5.75 Å². The molecule has 0 fully saturated rings. The highest BCUT2D eigenvalue weighted by Crippen LogP contribution is 2.23. The number of nitrogens with one attached hydrogen (secondary N) is 1. The Labute approximate surface area is 196 Å². The van der Waals surface area contributed by atoms with Crippen molar-refractivity contribution in [2.75, 3.05) is 5.32 Å². The summed E-state index contributed by atoms with van der Waals surface area (Å²) in [5.41, 5.74) is 1.78. The highest BCUT2D eigenvalue weighted by molar-refractivity contribution is 9.10. The van der Waals surface area contributed by atoms with Gasteiger partial charge in [-0.05, 0) is 48.0 Å². The maximum absolute atomic E-state index is 12.5. The lowest BCUT2D eigenvalue weighted by Crippen LogP contribution is -2.14. The topological polar surface area (TPSA) is 74.0 Å². The molecule has 1 amide bonds. The van der Waals surface area contributed by atoms with Crippen molar-refractivity contribution < 1.29 is 9.53 Å². The van der Waals surface area contributed by atoms with E-state index in [0.29, 0.717) is 28.0 Å². The summed E-state index contributed by atoms with van der Waals surface area (Å²) < 4.78 is 9.86. The van der Waals surface area contributed by atoms with Crippen molar-refractivity contribution >= 4 is 50.7 Å². The predicted molar refractivity (Wildman–Crippen MR) is 123 cm³/mol. The fourth-order valence-electron chi connectivity index (χ4n) is 2.76. The van der Waals surface area contributed by atoms with Gasteiger partial charge < -0.3 is 10.1 Å². The number of hydrogen-bond acceptors (Lipinski definition) is 4. The third-order valence-electron chi connectivity index (χ3n) is 4.27. The second-order valence-electron chi connectivity index (χ2n) is 6.60. The Balaban J connectivity index is 1.33. The summed E-state index contributed by atoms with van der Waals surface area (Å²) in [4.78, 5) is 12.5. The van der Waals surface area contributed by atoms with Crippen LogP contribution in [0.3, 0.4) is 0 Å². The van der Waals surface area contributed by atoms with Crippen molar-refractivity contribution in [3.8, 4) is 5.75 Å². The summed E-state index contributed by atoms with van der Waals surface area (Å²) in [5, 5.41) is 12.3. The molecule has 0 aliphatic heterocycles. The summed E-state index contributed by atoms with van der Waals surface area (Å²) in [6, 6.07) is 14.5. The van der Waals surface area contributed by atoms with Gasteiger partial charge in [0, 0.05) is 16.9 Å². The zero-order valence-corrected chi connectivity index (χ0v) is 19.1. The number of carbonyl (C=O) groups is 1. The lowest BCUT2D eigenvalue weighted by atomic mass is 10.2. The molecule has 158 valence electrons. The molecule has 4 aromatic rings. The normalized spacial score (nSPS) is 10.8. The van der Waals surface area contributed by atoms with E-state index in [1.165, 1.54) is 0 Å². The number of hydrogen-bond donors (Lipinski definition) is 1. The number of anilines is 1. The van der Waals surface area contributed by atoms with Crippen molar-refractivity contribution in [1.82, 2.24) is 19.6 Å². The molecule has 0 saturated carbocycles. The largest absolute Gasteiger partial charge is 0.471 e. The summed E-state index contributed by atoms with van der Waals surface area (Å²) in [6.45, 7) is 0.686. The van der Waals surface area contributed by atoms with Gasteiger partial charge in [0.2, 0.25) is 0 Å². The van der Waals surface area contributed by atoms with Gasteiger partial charge in [-0.3, -0.25) is 9.48 Å². The van der Waals surface area contributed by atoms with Crippen LogP contribution < -0.4 is 10.1 Å². The Morgan fingerprint density at radius 3 is 2.65 bits per heavy atom. The zero-order valence-electron chi connectivity index (χ0n) is 16.0. The number of amides is 1. The molecule has 0 aliphatic carbocycles. The van der Waals surface area contributed by atoms with Crippen LogP contribution in [0, 0.1) is 0 Å². The Hall–Kier alpha value is -2.81. The third kappa shape index (κ3) is 5.66. The molecule has 7 nitrogen and oxygen atoms in total. The Morgan fingerprint density at radius 1 is 1.06 bits per heavy atom. The fourth-order valence-corrected chi connectivity index (χ4v) is 3.35. The molecule has 2 heterocycles. The lowest BCUT2D eigenvalue weighted by Gasteiger charge is -2.06. The molecular formula is C21H16BrCl2N5O2.